The maximum absolute atomic E-state index is 13.4. The number of para-hydroxylation sites is 1. The van der Waals surface area contributed by atoms with Crippen molar-refractivity contribution in [3.63, 3.8) is 0 Å². The summed E-state index contributed by atoms with van der Waals surface area (Å²) in [6.07, 6.45) is 2.36. The molecule has 0 saturated carbocycles. The molecule has 2 heterocycles. The van der Waals surface area contributed by atoms with E-state index in [4.69, 9.17) is 4.74 Å². The van der Waals surface area contributed by atoms with Gasteiger partial charge in [-0.15, -0.1) is 0 Å². The number of rotatable bonds is 7. The van der Waals surface area contributed by atoms with E-state index in [9.17, 15) is 24.0 Å². The average Bonchev–Trinajstić information content (AvgIpc) is 3.40. The van der Waals surface area contributed by atoms with Gasteiger partial charge in [-0.25, -0.2) is 0 Å². The summed E-state index contributed by atoms with van der Waals surface area (Å²) in [7, 11) is 0. The number of ether oxygens (including phenoxy) is 1. The van der Waals surface area contributed by atoms with Crippen molar-refractivity contribution >= 4 is 29.5 Å². The van der Waals surface area contributed by atoms with Crippen LogP contribution in [0.5, 0.6) is 5.75 Å². The lowest BCUT2D eigenvalue weighted by atomic mass is 10.0. The first-order chi connectivity index (χ1) is 21.2. The van der Waals surface area contributed by atoms with Crippen LogP contribution in [0.3, 0.4) is 0 Å². The van der Waals surface area contributed by atoms with E-state index in [1.165, 1.54) is 0 Å². The largest absolute Gasteiger partial charge is 0.493 e. The van der Waals surface area contributed by atoms with Crippen molar-refractivity contribution in [3.8, 4) is 5.75 Å². The standard InChI is InChI=1S/C33H43N5O6/c1-22(2)18-27-33(43)34-15-7-17-44-28-11-4-3-10-25(28)31(41)37-26(13-14-29(39)36-27)32(42)35-20-23-8-5-9-24(19-23)21-38-16-6-12-30(38)40/h3-5,8-11,19,22,26-27H,6-7,12-18,20-21H2,1-2H3,(H,34,43)(H,35,42)(H,36,39)(H,37,41)/t26-,27-/m0/s1. The van der Waals surface area contributed by atoms with Gasteiger partial charge in [-0.1, -0.05) is 50.2 Å². The van der Waals surface area contributed by atoms with Gasteiger partial charge in [-0.3, -0.25) is 24.0 Å². The van der Waals surface area contributed by atoms with Crippen molar-refractivity contribution in [2.75, 3.05) is 19.7 Å². The molecule has 1 fully saturated rings. The van der Waals surface area contributed by atoms with E-state index >= 15 is 0 Å². The Morgan fingerprint density at radius 2 is 1.80 bits per heavy atom. The van der Waals surface area contributed by atoms with E-state index in [-0.39, 0.29) is 55.2 Å². The lowest BCUT2D eigenvalue weighted by Crippen LogP contribution is -2.49. The Kier molecular flexibility index (Phi) is 11.7. The Labute approximate surface area is 258 Å². The van der Waals surface area contributed by atoms with Crippen LogP contribution in [0.25, 0.3) is 0 Å². The molecule has 0 aromatic heterocycles. The molecular formula is C33H43N5O6. The summed E-state index contributed by atoms with van der Waals surface area (Å²) in [6.45, 7) is 6.04. The fourth-order valence-corrected chi connectivity index (χ4v) is 5.36. The van der Waals surface area contributed by atoms with Gasteiger partial charge in [0.2, 0.25) is 23.6 Å². The minimum Gasteiger partial charge on any atom is -0.493 e. The Morgan fingerprint density at radius 3 is 2.57 bits per heavy atom. The SMILES string of the molecule is CC(C)C[C@@H]1NC(=O)CC[C@@H](C(=O)NCc2cccc(CN3CCCC3=O)c2)NC(=O)c2ccccc2OCCCNC1=O. The minimum absolute atomic E-state index is 0.0273. The number of amides is 5. The van der Waals surface area contributed by atoms with Crippen LogP contribution >= 0.6 is 0 Å². The molecule has 5 amide bonds. The van der Waals surface area contributed by atoms with Crippen LogP contribution < -0.4 is 26.0 Å². The fraction of sp³-hybridized carbons (Fsp3) is 0.485. The number of carbonyl (C=O) groups is 5. The molecule has 0 radical (unpaired) electrons. The Balaban J connectivity index is 1.48. The molecule has 0 unspecified atom stereocenters. The normalized spacial score (nSPS) is 20.3. The van der Waals surface area contributed by atoms with Crippen LogP contribution in [0.15, 0.2) is 48.5 Å². The van der Waals surface area contributed by atoms with Gasteiger partial charge in [0.15, 0.2) is 0 Å². The fourth-order valence-electron chi connectivity index (χ4n) is 5.36. The van der Waals surface area contributed by atoms with Gasteiger partial charge in [0.1, 0.15) is 17.8 Å². The summed E-state index contributed by atoms with van der Waals surface area (Å²) in [6, 6.07) is 12.7. The van der Waals surface area contributed by atoms with Gasteiger partial charge in [-0.05, 0) is 54.9 Å². The molecule has 44 heavy (non-hydrogen) atoms. The number of hydrogen-bond donors (Lipinski definition) is 4. The lowest BCUT2D eigenvalue weighted by Gasteiger charge is -2.23. The highest BCUT2D eigenvalue weighted by molar-refractivity contribution is 5.99. The number of carbonyl (C=O) groups excluding carboxylic acids is 5. The van der Waals surface area contributed by atoms with E-state index in [0.717, 1.165) is 24.1 Å². The third-order valence-corrected chi connectivity index (χ3v) is 7.65. The number of hydrogen-bond acceptors (Lipinski definition) is 6. The molecule has 2 atom stereocenters. The van der Waals surface area contributed by atoms with Crippen molar-refractivity contribution in [1.29, 1.82) is 0 Å². The smallest absolute Gasteiger partial charge is 0.255 e. The zero-order valence-electron chi connectivity index (χ0n) is 25.5. The highest BCUT2D eigenvalue weighted by Gasteiger charge is 2.27. The molecule has 11 heteroatoms. The van der Waals surface area contributed by atoms with E-state index < -0.39 is 23.9 Å². The second-order valence-corrected chi connectivity index (χ2v) is 11.8. The van der Waals surface area contributed by atoms with Gasteiger partial charge < -0.3 is 30.9 Å². The van der Waals surface area contributed by atoms with Crippen LogP contribution in [0.1, 0.15) is 73.9 Å². The number of likely N-dealkylation sites (tertiary alicyclic amines) is 1. The molecule has 2 aliphatic rings. The van der Waals surface area contributed by atoms with Crippen LogP contribution in [0, 0.1) is 5.92 Å². The number of nitrogens with zero attached hydrogens (tertiary/aromatic N) is 1. The van der Waals surface area contributed by atoms with Crippen molar-refractivity contribution in [3.05, 3.63) is 65.2 Å². The number of fused-ring (bicyclic) bond motifs is 1. The van der Waals surface area contributed by atoms with Crippen LogP contribution in [0.2, 0.25) is 0 Å². The van der Waals surface area contributed by atoms with Crippen LogP contribution in [0.4, 0.5) is 0 Å². The summed E-state index contributed by atoms with van der Waals surface area (Å²) >= 11 is 0. The van der Waals surface area contributed by atoms with Crippen molar-refractivity contribution in [1.82, 2.24) is 26.2 Å². The number of benzene rings is 2. The van der Waals surface area contributed by atoms with Crippen molar-refractivity contribution in [2.45, 2.75) is 77.5 Å². The molecule has 1 saturated heterocycles. The van der Waals surface area contributed by atoms with Gasteiger partial charge in [0.25, 0.3) is 5.91 Å². The lowest BCUT2D eigenvalue weighted by molar-refractivity contribution is -0.130. The second kappa shape index (κ2) is 15.9. The number of nitrogens with one attached hydrogen (secondary N) is 4. The molecule has 0 spiro atoms. The zero-order chi connectivity index (χ0) is 31.5. The molecule has 2 aromatic rings. The predicted molar refractivity (Wildman–Crippen MR) is 164 cm³/mol. The molecule has 2 aromatic carbocycles. The molecule has 0 aliphatic carbocycles. The van der Waals surface area contributed by atoms with E-state index in [1.54, 1.807) is 24.3 Å². The monoisotopic (exact) mass is 605 g/mol. The predicted octanol–water partition coefficient (Wildman–Crippen LogP) is 2.43. The summed E-state index contributed by atoms with van der Waals surface area (Å²) in [5.41, 5.74) is 2.09. The van der Waals surface area contributed by atoms with Gasteiger partial charge in [0, 0.05) is 39.0 Å². The van der Waals surface area contributed by atoms with Gasteiger partial charge in [-0.2, -0.15) is 0 Å². The maximum Gasteiger partial charge on any atom is 0.255 e. The topological polar surface area (TPSA) is 146 Å². The Hall–Kier alpha value is -4.41. The summed E-state index contributed by atoms with van der Waals surface area (Å²) < 4.78 is 5.86. The molecule has 2 aliphatic heterocycles. The van der Waals surface area contributed by atoms with E-state index in [0.29, 0.717) is 38.1 Å². The van der Waals surface area contributed by atoms with Gasteiger partial charge in [0.05, 0.1) is 12.2 Å². The second-order valence-electron chi connectivity index (χ2n) is 11.8. The van der Waals surface area contributed by atoms with Gasteiger partial charge >= 0.3 is 0 Å². The van der Waals surface area contributed by atoms with Crippen molar-refractivity contribution in [2.24, 2.45) is 5.92 Å². The maximum atomic E-state index is 13.4. The highest BCUT2D eigenvalue weighted by atomic mass is 16.5. The quantitative estimate of drug-likeness (QED) is 0.382. The van der Waals surface area contributed by atoms with Crippen molar-refractivity contribution < 1.29 is 28.7 Å². The molecule has 11 nitrogen and oxygen atoms in total. The average molecular weight is 606 g/mol. The summed E-state index contributed by atoms with van der Waals surface area (Å²) in [5.74, 6) is -0.892. The highest BCUT2D eigenvalue weighted by Crippen LogP contribution is 2.19. The third kappa shape index (κ3) is 9.55. The third-order valence-electron chi connectivity index (χ3n) is 7.65. The molecule has 4 N–H and O–H groups in total. The first kappa shape index (κ1) is 32.5. The first-order valence-electron chi connectivity index (χ1n) is 15.4. The first-order valence-corrected chi connectivity index (χ1v) is 15.4. The minimum atomic E-state index is -1.02. The summed E-state index contributed by atoms with van der Waals surface area (Å²) in [4.78, 5) is 66.5. The molecule has 4 rings (SSSR count). The molecule has 0 bridgehead atoms. The Morgan fingerprint density at radius 1 is 1.00 bits per heavy atom. The zero-order valence-corrected chi connectivity index (χ0v) is 25.5. The van der Waals surface area contributed by atoms with Crippen LogP contribution in [-0.2, 0) is 32.3 Å². The van der Waals surface area contributed by atoms with E-state index in [1.807, 2.05) is 43.0 Å². The summed E-state index contributed by atoms with van der Waals surface area (Å²) in [5, 5.41) is 11.4. The Bertz CT molecular complexity index is 1350. The van der Waals surface area contributed by atoms with E-state index in [2.05, 4.69) is 21.3 Å². The molecular weight excluding hydrogens is 562 g/mol. The van der Waals surface area contributed by atoms with Crippen LogP contribution in [-0.4, -0.2) is 66.2 Å². The molecule has 236 valence electrons.